The van der Waals surface area contributed by atoms with E-state index in [1.165, 1.54) is 6.42 Å². The average Bonchev–Trinajstić information content (AvgIpc) is 2.57. The molecule has 1 amide bonds. The highest BCUT2D eigenvalue weighted by Crippen LogP contribution is 2.25. The van der Waals surface area contributed by atoms with Crippen molar-refractivity contribution in [2.45, 2.75) is 26.2 Å². The molecule has 126 valence electrons. The van der Waals surface area contributed by atoms with Crippen molar-refractivity contribution in [3.8, 4) is 0 Å². The molecule has 0 aliphatic carbocycles. The normalized spacial score (nSPS) is 14.5. The molecule has 2 heterocycles. The first-order valence-electron chi connectivity index (χ1n) is 8.10. The fourth-order valence-corrected chi connectivity index (χ4v) is 2.88. The zero-order valence-electron chi connectivity index (χ0n) is 13.7. The number of nitrogens with one attached hydrogen (secondary N) is 1. The van der Waals surface area contributed by atoms with Gasteiger partial charge in [0.15, 0.2) is 0 Å². The summed E-state index contributed by atoms with van der Waals surface area (Å²) in [7, 11) is 0. The van der Waals surface area contributed by atoms with Crippen LogP contribution in [0.5, 0.6) is 0 Å². The molecule has 5 N–H and O–H groups in total. The number of hydrogen-bond donors (Lipinski definition) is 3. The third-order valence-electron chi connectivity index (χ3n) is 4.14. The Morgan fingerprint density at radius 3 is 2.42 bits per heavy atom. The Balaban J connectivity index is 1.98. The first kappa shape index (κ1) is 16.0. The van der Waals surface area contributed by atoms with Gasteiger partial charge in [-0.1, -0.05) is 0 Å². The van der Waals surface area contributed by atoms with Gasteiger partial charge in [-0.3, -0.25) is 4.79 Å². The Bertz CT molecular complexity index is 737. The van der Waals surface area contributed by atoms with Gasteiger partial charge in [-0.15, -0.1) is 0 Å². The molecule has 3 rings (SSSR count). The fraction of sp³-hybridized carbons (Fsp3) is 0.353. The van der Waals surface area contributed by atoms with Gasteiger partial charge in [0, 0.05) is 24.5 Å². The van der Waals surface area contributed by atoms with Gasteiger partial charge in [-0.05, 0) is 50.5 Å². The molecule has 0 radical (unpaired) electrons. The van der Waals surface area contributed by atoms with E-state index in [-0.39, 0.29) is 0 Å². The van der Waals surface area contributed by atoms with Crippen molar-refractivity contribution in [2.75, 3.05) is 29.0 Å². The van der Waals surface area contributed by atoms with Crippen molar-refractivity contribution in [3.05, 3.63) is 35.5 Å². The number of nitrogens with two attached hydrogens (primary N) is 2. The highest BCUT2D eigenvalue weighted by molar-refractivity contribution is 5.99. The van der Waals surface area contributed by atoms with E-state index < -0.39 is 5.91 Å². The standard InChI is InChI=1S/C17H22N6O/c1-11-14(15(19)24)16(21-13-7-5-12(18)6-8-13)22-17(20-11)23-9-3-2-4-10-23/h5-8H,2-4,9-10,18H2,1H3,(H2,19,24)(H,20,21,22). The van der Waals surface area contributed by atoms with Gasteiger partial charge in [0.2, 0.25) is 5.95 Å². The Morgan fingerprint density at radius 1 is 1.12 bits per heavy atom. The van der Waals surface area contributed by atoms with Gasteiger partial charge < -0.3 is 21.7 Å². The van der Waals surface area contributed by atoms with Gasteiger partial charge >= 0.3 is 0 Å². The van der Waals surface area contributed by atoms with Gasteiger partial charge in [0.25, 0.3) is 5.91 Å². The molecule has 1 aliphatic heterocycles. The third-order valence-corrected chi connectivity index (χ3v) is 4.14. The number of hydrogen-bond acceptors (Lipinski definition) is 6. The van der Waals surface area contributed by atoms with Crippen LogP contribution in [0.3, 0.4) is 0 Å². The summed E-state index contributed by atoms with van der Waals surface area (Å²) in [5.41, 5.74) is 13.6. The average molecular weight is 326 g/mol. The minimum Gasteiger partial charge on any atom is -0.399 e. The number of aromatic nitrogens is 2. The molecule has 0 unspecified atom stereocenters. The first-order valence-corrected chi connectivity index (χ1v) is 8.10. The van der Waals surface area contributed by atoms with Crippen LogP contribution in [0.2, 0.25) is 0 Å². The lowest BCUT2D eigenvalue weighted by Gasteiger charge is -2.27. The summed E-state index contributed by atoms with van der Waals surface area (Å²) in [6, 6.07) is 7.23. The summed E-state index contributed by atoms with van der Waals surface area (Å²) in [4.78, 5) is 23.0. The summed E-state index contributed by atoms with van der Waals surface area (Å²) in [6.45, 7) is 3.64. The zero-order valence-corrected chi connectivity index (χ0v) is 13.7. The largest absolute Gasteiger partial charge is 0.399 e. The third kappa shape index (κ3) is 3.40. The summed E-state index contributed by atoms with van der Waals surface area (Å²) < 4.78 is 0. The van der Waals surface area contributed by atoms with Crippen LogP contribution in [0.25, 0.3) is 0 Å². The molecule has 0 spiro atoms. The van der Waals surface area contributed by atoms with E-state index in [4.69, 9.17) is 11.5 Å². The Hall–Kier alpha value is -2.83. The zero-order chi connectivity index (χ0) is 17.1. The molecular formula is C17H22N6O. The van der Waals surface area contributed by atoms with E-state index in [9.17, 15) is 4.79 Å². The maximum Gasteiger partial charge on any atom is 0.254 e. The van der Waals surface area contributed by atoms with Gasteiger partial charge in [-0.25, -0.2) is 4.98 Å². The number of piperidine rings is 1. The highest BCUT2D eigenvalue weighted by Gasteiger charge is 2.20. The molecule has 1 saturated heterocycles. The summed E-state index contributed by atoms with van der Waals surface area (Å²) in [6.07, 6.45) is 3.48. The molecule has 7 nitrogen and oxygen atoms in total. The second kappa shape index (κ2) is 6.74. The Morgan fingerprint density at radius 2 is 1.79 bits per heavy atom. The van der Waals surface area contributed by atoms with Crippen molar-refractivity contribution in [3.63, 3.8) is 0 Å². The molecule has 1 fully saturated rings. The lowest BCUT2D eigenvalue weighted by Crippen LogP contribution is -2.32. The molecule has 1 aromatic carbocycles. The molecule has 0 atom stereocenters. The van der Waals surface area contributed by atoms with E-state index in [0.29, 0.717) is 28.7 Å². The van der Waals surface area contributed by atoms with Crippen LogP contribution in [0.4, 0.5) is 23.1 Å². The first-order chi connectivity index (χ1) is 11.5. The minimum absolute atomic E-state index is 0.313. The van der Waals surface area contributed by atoms with Crippen molar-refractivity contribution < 1.29 is 4.79 Å². The maximum atomic E-state index is 11.8. The minimum atomic E-state index is -0.546. The second-order valence-corrected chi connectivity index (χ2v) is 5.99. The van der Waals surface area contributed by atoms with E-state index in [1.807, 2.05) is 12.1 Å². The number of primary amides is 1. The number of nitrogen functional groups attached to an aromatic ring is 1. The Kier molecular flexibility index (Phi) is 4.50. The van der Waals surface area contributed by atoms with Crippen LogP contribution < -0.4 is 21.7 Å². The number of benzene rings is 1. The molecule has 0 bridgehead atoms. The van der Waals surface area contributed by atoms with Crippen LogP contribution in [0.1, 0.15) is 35.3 Å². The SMILES string of the molecule is Cc1nc(N2CCCCC2)nc(Nc2ccc(N)cc2)c1C(N)=O. The lowest BCUT2D eigenvalue weighted by atomic mass is 10.1. The fourth-order valence-electron chi connectivity index (χ4n) is 2.88. The molecule has 2 aromatic rings. The summed E-state index contributed by atoms with van der Waals surface area (Å²) in [5, 5.41) is 3.17. The Labute approximate surface area is 141 Å². The van der Waals surface area contributed by atoms with E-state index in [0.717, 1.165) is 31.6 Å². The molecular weight excluding hydrogens is 304 g/mol. The summed E-state index contributed by atoms with van der Waals surface area (Å²) in [5.74, 6) is 0.520. The molecule has 1 aliphatic rings. The van der Waals surface area contributed by atoms with Crippen LogP contribution in [0, 0.1) is 6.92 Å². The van der Waals surface area contributed by atoms with Crippen LogP contribution in [-0.4, -0.2) is 29.0 Å². The van der Waals surface area contributed by atoms with Gasteiger partial charge in [-0.2, -0.15) is 4.98 Å². The number of amides is 1. The van der Waals surface area contributed by atoms with Crippen LogP contribution in [-0.2, 0) is 0 Å². The van der Waals surface area contributed by atoms with Crippen molar-refractivity contribution in [1.29, 1.82) is 0 Å². The smallest absolute Gasteiger partial charge is 0.254 e. The predicted molar refractivity (Wildman–Crippen MR) is 95.5 cm³/mol. The van der Waals surface area contributed by atoms with Crippen LogP contribution in [0.15, 0.2) is 24.3 Å². The second-order valence-electron chi connectivity index (χ2n) is 5.99. The maximum absolute atomic E-state index is 11.8. The molecule has 1 aromatic heterocycles. The number of aryl methyl sites for hydroxylation is 1. The summed E-state index contributed by atoms with van der Waals surface area (Å²) >= 11 is 0. The number of anilines is 4. The van der Waals surface area contributed by atoms with Crippen molar-refractivity contribution >= 4 is 29.0 Å². The number of nitrogens with zero attached hydrogens (tertiary/aromatic N) is 3. The quantitative estimate of drug-likeness (QED) is 0.743. The number of carbonyl (C=O) groups excluding carboxylic acids is 1. The van der Waals surface area contributed by atoms with E-state index in [1.54, 1.807) is 19.1 Å². The topological polar surface area (TPSA) is 110 Å². The van der Waals surface area contributed by atoms with Crippen LogP contribution >= 0.6 is 0 Å². The number of rotatable bonds is 4. The predicted octanol–water partition coefficient (Wildman–Crippen LogP) is 2.20. The van der Waals surface area contributed by atoms with E-state index in [2.05, 4.69) is 20.2 Å². The molecule has 7 heteroatoms. The molecule has 24 heavy (non-hydrogen) atoms. The lowest BCUT2D eigenvalue weighted by molar-refractivity contribution is 0.1000. The van der Waals surface area contributed by atoms with Gasteiger partial charge in [0.1, 0.15) is 11.4 Å². The van der Waals surface area contributed by atoms with Gasteiger partial charge in [0.05, 0.1) is 5.69 Å². The highest BCUT2D eigenvalue weighted by atomic mass is 16.1. The van der Waals surface area contributed by atoms with Crippen molar-refractivity contribution in [1.82, 2.24) is 9.97 Å². The van der Waals surface area contributed by atoms with E-state index >= 15 is 0 Å². The monoisotopic (exact) mass is 326 g/mol. The van der Waals surface area contributed by atoms with Crippen molar-refractivity contribution in [2.24, 2.45) is 5.73 Å². The number of carbonyl (C=O) groups is 1. The molecule has 0 saturated carbocycles.